The van der Waals surface area contributed by atoms with Crippen LogP contribution in [0.3, 0.4) is 0 Å². The number of aliphatic carboxylic acids is 2. The molecule has 1 aliphatic rings. The summed E-state index contributed by atoms with van der Waals surface area (Å²) in [7, 11) is 0. The van der Waals surface area contributed by atoms with E-state index in [1.165, 1.54) is 31.2 Å². The second-order valence-electron chi connectivity index (χ2n) is 5.40. The van der Waals surface area contributed by atoms with E-state index in [1.54, 1.807) is 0 Å². The number of non-ortho nitro benzene ring substituents is 1. The Morgan fingerprint density at radius 2 is 2.00 bits per heavy atom. The van der Waals surface area contributed by atoms with Gasteiger partial charge in [-0.1, -0.05) is 17.7 Å². The molecular formula is C15H12ClNO6. The Hall–Kier alpha value is -2.67. The molecule has 0 fully saturated rings. The smallest absolute Gasteiger partial charge is 0.331 e. The van der Waals surface area contributed by atoms with Crippen molar-refractivity contribution in [3.63, 3.8) is 0 Å². The number of rotatable bonds is 4. The average Bonchev–Trinajstić information content (AvgIpc) is 2.46. The van der Waals surface area contributed by atoms with Crippen molar-refractivity contribution in [2.24, 2.45) is 5.41 Å². The third-order valence-electron chi connectivity index (χ3n) is 3.60. The van der Waals surface area contributed by atoms with Gasteiger partial charge in [0.2, 0.25) is 0 Å². The standard InChI is InChI=1S/C15H12ClNO6/c1-15(14(20)21)6-8(4-9(7-15)13(18)19)11-3-2-10(17(22)23)5-12(11)16/h2-6H,7H2,1H3,(H,18,19)(H,20,21). The summed E-state index contributed by atoms with van der Waals surface area (Å²) in [6, 6.07) is 3.73. The van der Waals surface area contributed by atoms with E-state index in [4.69, 9.17) is 11.6 Å². The van der Waals surface area contributed by atoms with Gasteiger partial charge in [0.05, 0.1) is 15.4 Å². The van der Waals surface area contributed by atoms with Gasteiger partial charge in [-0.2, -0.15) is 0 Å². The van der Waals surface area contributed by atoms with Crippen molar-refractivity contribution in [3.05, 3.63) is 56.6 Å². The lowest BCUT2D eigenvalue weighted by Crippen LogP contribution is -2.29. The minimum absolute atomic E-state index is 0.0427. The minimum atomic E-state index is -1.40. The SMILES string of the molecule is CC1(C(=O)O)C=C(c2ccc([N+](=O)[O-])cc2Cl)C=C(C(=O)O)C1. The Morgan fingerprint density at radius 1 is 1.35 bits per heavy atom. The maximum atomic E-state index is 11.5. The lowest BCUT2D eigenvalue weighted by molar-refractivity contribution is -0.384. The second kappa shape index (κ2) is 5.85. The van der Waals surface area contributed by atoms with Gasteiger partial charge in [0.25, 0.3) is 5.69 Å². The van der Waals surface area contributed by atoms with Crippen molar-refractivity contribution >= 4 is 34.8 Å². The maximum Gasteiger partial charge on any atom is 0.331 e. The van der Waals surface area contributed by atoms with Crippen molar-refractivity contribution in [2.45, 2.75) is 13.3 Å². The van der Waals surface area contributed by atoms with Gasteiger partial charge in [0, 0.05) is 23.3 Å². The van der Waals surface area contributed by atoms with E-state index >= 15 is 0 Å². The van der Waals surface area contributed by atoms with E-state index in [0.29, 0.717) is 11.1 Å². The molecule has 23 heavy (non-hydrogen) atoms. The number of hydrogen-bond donors (Lipinski definition) is 2. The zero-order valence-electron chi connectivity index (χ0n) is 11.9. The van der Waals surface area contributed by atoms with Gasteiger partial charge in [-0.05, 0) is 31.1 Å². The van der Waals surface area contributed by atoms with Crippen LogP contribution in [0.2, 0.25) is 5.02 Å². The highest BCUT2D eigenvalue weighted by molar-refractivity contribution is 6.32. The average molecular weight is 338 g/mol. The van der Waals surface area contributed by atoms with Crippen LogP contribution in [0.5, 0.6) is 0 Å². The quantitative estimate of drug-likeness (QED) is 0.643. The lowest BCUT2D eigenvalue weighted by atomic mass is 9.76. The molecule has 0 aliphatic heterocycles. The first-order chi connectivity index (χ1) is 10.6. The van der Waals surface area contributed by atoms with Crippen molar-refractivity contribution < 1.29 is 24.7 Å². The highest BCUT2D eigenvalue weighted by Crippen LogP contribution is 2.40. The molecule has 2 N–H and O–H groups in total. The van der Waals surface area contributed by atoms with E-state index in [-0.39, 0.29) is 22.7 Å². The predicted molar refractivity (Wildman–Crippen MR) is 82.2 cm³/mol. The number of benzene rings is 1. The maximum absolute atomic E-state index is 11.5. The summed E-state index contributed by atoms with van der Waals surface area (Å²) in [4.78, 5) is 32.9. The molecule has 0 amide bonds. The van der Waals surface area contributed by atoms with Crippen LogP contribution < -0.4 is 0 Å². The van der Waals surface area contributed by atoms with Gasteiger partial charge in [-0.15, -0.1) is 0 Å². The van der Waals surface area contributed by atoms with Crippen molar-refractivity contribution in [1.82, 2.24) is 0 Å². The van der Waals surface area contributed by atoms with Crippen LogP contribution in [0.25, 0.3) is 5.57 Å². The van der Waals surface area contributed by atoms with Crippen molar-refractivity contribution in [1.29, 1.82) is 0 Å². The molecule has 0 radical (unpaired) electrons. The Bertz CT molecular complexity index is 782. The third kappa shape index (κ3) is 3.24. The fraction of sp³-hybridized carbons (Fsp3) is 0.200. The molecule has 1 atom stereocenters. The Balaban J connectivity index is 2.59. The van der Waals surface area contributed by atoms with Crippen molar-refractivity contribution in [3.8, 4) is 0 Å². The van der Waals surface area contributed by atoms with E-state index in [2.05, 4.69) is 0 Å². The van der Waals surface area contributed by atoms with Crippen LogP contribution in [-0.4, -0.2) is 27.1 Å². The molecular weight excluding hydrogens is 326 g/mol. The number of hydrogen-bond acceptors (Lipinski definition) is 4. The Morgan fingerprint density at radius 3 is 2.48 bits per heavy atom. The molecule has 2 rings (SSSR count). The zero-order chi connectivity index (χ0) is 17.4. The van der Waals surface area contributed by atoms with Gasteiger partial charge in [-0.3, -0.25) is 14.9 Å². The molecule has 0 spiro atoms. The summed E-state index contributed by atoms with van der Waals surface area (Å²) in [5.74, 6) is -2.39. The van der Waals surface area contributed by atoms with Crippen LogP contribution >= 0.6 is 11.6 Å². The normalized spacial score (nSPS) is 20.4. The first kappa shape index (κ1) is 16.7. The summed E-state index contributed by atoms with van der Waals surface area (Å²) in [6.07, 6.45) is 2.58. The fourth-order valence-electron chi connectivity index (χ4n) is 2.35. The summed E-state index contributed by atoms with van der Waals surface area (Å²) in [5, 5.41) is 29.3. The zero-order valence-corrected chi connectivity index (χ0v) is 12.7. The van der Waals surface area contributed by atoms with E-state index in [9.17, 15) is 29.9 Å². The highest BCUT2D eigenvalue weighted by atomic mass is 35.5. The van der Waals surface area contributed by atoms with E-state index < -0.39 is 22.3 Å². The number of carboxylic acids is 2. The number of carbonyl (C=O) groups is 2. The highest BCUT2D eigenvalue weighted by Gasteiger charge is 2.37. The fourth-order valence-corrected chi connectivity index (χ4v) is 2.64. The van der Waals surface area contributed by atoms with Crippen LogP contribution in [0.1, 0.15) is 18.9 Å². The molecule has 120 valence electrons. The Labute approximate surface area is 135 Å². The van der Waals surface area contributed by atoms with Crippen LogP contribution in [0, 0.1) is 15.5 Å². The molecule has 0 aromatic heterocycles. The number of nitro benzene ring substituents is 1. The second-order valence-corrected chi connectivity index (χ2v) is 5.80. The third-order valence-corrected chi connectivity index (χ3v) is 3.91. The molecule has 1 aromatic carbocycles. The largest absolute Gasteiger partial charge is 0.481 e. The van der Waals surface area contributed by atoms with Gasteiger partial charge in [-0.25, -0.2) is 4.79 Å². The lowest BCUT2D eigenvalue weighted by Gasteiger charge is -2.26. The topological polar surface area (TPSA) is 118 Å². The molecule has 0 saturated heterocycles. The molecule has 0 bridgehead atoms. The summed E-state index contributed by atoms with van der Waals surface area (Å²) in [6.45, 7) is 1.41. The number of halogens is 1. The molecule has 1 unspecified atom stereocenters. The monoisotopic (exact) mass is 337 g/mol. The van der Waals surface area contributed by atoms with Crippen LogP contribution in [0.4, 0.5) is 5.69 Å². The molecule has 0 heterocycles. The minimum Gasteiger partial charge on any atom is -0.481 e. The summed E-state index contributed by atoms with van der Waals surface area (Å²) >= 11 is 6.04. The van der Waals surface area contributed by atoms with E-state index in [0.717, 1.165) is 6.07 Å². The predicted octanol–water partition coefficient (Wildman–Crippen LogP) is 3.14. The van der Waals surface area contributed by atoms with Gasteiger partial charge in [0.1, 0.15) is 0 Å². The Kier molecular flexibility index (Phi) is 4.24. The number of allylic oxidation sites excluding steroid dienone is 2. The number of nitro groups is 1. The first-order valence-electron chi connectivity index (χ1n) is 6.48. The first-order valence-corrected chi connectivity index (χ1v) is 6.86. The number of carboxylic acid groups (broad SMARTS) is 2. The van der Waals surface area contributed by atoms with Gasteiger partial charge >= 0.3 is 11.9 Å². The van der Waals surface area contributed by atoms with Crippen molar-refractivity contribution in [2.75, 3.05) is 0 Å². The molecule has 8 heteroatoms. The molecule has 1 aromatic rings. The van der Waals surface area contributed by atoms with Gasteiger partial charge < -0.3 is 10.2 Å². The molecule has 0 saturated carbocycles. The van der Waals surface area contributed by atoms with Gasteiger partial charge in [0.15, 0.2) is 0 Å². The number of nitrogens with zero attached hydrogens (tertiary/aromatic N) is 1. The van der Waals surface area contributed by atoms with E-state index in [1.807, 2.05) is 0 Å². The van der Waals surface area contributed by atoms with Crippen LogP contribution in [0.15, 0.2) is 35.9 Å². The summed E-state index contributed by atoms with van der Waals surface area (Å²) in [5.41, 5.74) is -1.04. The molecule has 7 nitrogen and oxygen atoms in total. The summed E-state index contributed by atoms with van der Waals surface area (Å²) < 4.78 is 0. The molecule has 1 aliphatic carbocycles. The van der Waals surface area contributed by atoms with Crippen LogP contribution in [-0.2, 0) is 9.59 Å².